The molecule has 166 valence electrons. The van der Waals surface area contributed by atoms with E-state index in [-0.39, 0.29) is 17.9 Å². The molecule has 8 nitrogen and oxygen atoms in total. The molecule has 1 N–H and O–H groups in total. The van der Waals surface area contributed by atoms with Gasteiger partial charge in [-0.05, 0) is 50.1 Å². The van der Waals surface area contributed by atoms with Crippen LogP contribution in [-0.2, 0) is 4.79 Å². The molecule has 4 rings (SSSR count). The number of carbonyl (C=O) groups is 4. The summed E-state index contributed by atoms with van der Waals surface area (Å²) in [7, 11) is 1.55. The van der Waals surface area contributed by atoms with Crippen LogP contribution in [0.2, 0.25) is 0 Å². The average molecular weight is 435 g/mol. The van der Waals surface area contributed by atoms with Gasteiger partial charge in [0.1, 0.15) is 11.8 Å². The molecule has 0 bridgehead atoms. The summed E-state index contributed by atoms with van der Waals surface area (Å²) in [5.74, 6) is -0.718. The molecule has 1 atom stereocenters. The van der Waals surface area contributed by atoms with Gasteiger partial charge in [-0.3, -0.25) is 24.1 Å². The Morgan fingerprint density at radius 3 is 2.22 bits per heavy atom. The lowest BCUT2D eigenvalue weighted by Crippen LogP contribution is -2.53. The van der Waals surface area contributed by atoms with Gasteiger partial charge in [-0.25, -0.2) is 0 Å². The first kappa shape index (κ1) is 21.5. The zero-order valence-corrected chi connectivity index (χ0v) is 18.0. The Labute approximate surface area is 186 Å². The van der Waals surface area contributed by atoms with Crippen LogP contribution in [0.4, 0.5) is 0 Å². The normalized spacial score (nSPS) is 17.2. The molecule has 2 heterocycles. The first-order chi connectivity index (χ1) is 15.4. The lowest BCUT2D eigenvalue weighted by molar-refractivity contribution is -0.136. The number of methoxy groups -OCH3 is 1. The van der Waals surface area contributed by atoms with E-state index < -0.39 is 17.9 Å². The first-order valence-corrected chi connectivity index (χ1v) is 10.6. The summed E-state index contributed by atoms with van der Waals surface area (Å²) in [6, 6.07) is 12.6. The van der Waals surface area contributed by atoms with Crippen molar-refractivity contribution in [1.82, 2.24) is 15.1 Å². The Balaban J connectivity index is 1.34. The van der Waals surface area contributed by atoms with Gasteiger partial charge >= 0.3 is 0 Å². The van der Waals surface area contributed by atoms with Crippen LogP contribution in [0.1, 0.15) is 50.8 Å². The van der Waals surface area contributed by atoms with E-state index in [1.165, 1.54) is 0 Å². The minimum Gasteiger partial charge on any atom is -0.497 e. The summed E-state index contributed by atoms with van der Waals surface area (Å²) in [4.78, 5) is 53.6. The molecular weight excluding hydrogens is 410 g/mol. The molecule has 2 aliphatic rings. The maximum atomic E-state index is 13.0. The zero-order valence-electron chi connectivity index (χ0n) is 18.0. The minimum absolute atomic E-state index is 0.0626. The molecule has 8 heteroatoms. The van der Waals surface area contributed by atoms with Gasteiger partial charge < -0.3 is 15.0 Å². The van der Waals surface area contributed by atoms with Crippen molar-refractivity contribution in [3.05, 3.63) is 65.2 Å². The van der Waals surface area contributed by atoms with Crippen molar-refractivity contribution < 1.29 is 23.9 Å². The van der Waals surface area contributed by atoms with Crippen LogP contribution in [0.3, 0.4) is 0 Å². The van der Waals surface area contributed by atoms with E-state index >= 15 is 0 Å². The van der Waals surface area contributed by atoms with E-state index in [0.29, 0.717) is 48.4 Å². The molecule has 0 aliphatic carbocycles. The minimum atomic E-state index is -0.884. The van der Waals surface area contributed by atoms with Crippen LogP contribution in [0.5, 0.6) is 5.75 Å². The fraction of sp³-hybridized carbons (Fsp3) is 0.333. The molecule has 32 heavy (non-hydrogen) atoms. The van der Waals surface area contributed by atoms with Crippen molar-refractivity contribution in [2.24, 2.45) is 0 Å². The van der Waals surface area contributed by atoms with Crippen molar-refractivity contribution in [3.63, 3.8) is 0 Å². The molecule has 0 saturated carbocycles. The number of ether oxygens (including phenoxy) is 1. The summed E-state index contributed by atoms with van der Waals surface area (Å²) in [6.45, 7) is 2.46. The van der Waals surface area contributed by atoms with E-state index in [0.717, 1.165) is 4.90 Å². The lowest BCUT2D eigenvalue weighted by Gasteiger charge is -2.35. The van der Waals surface area contributed by atoms with E-state index in [1.54, 1.807) is 67.5 Å². The topological polar surface area (TPSA) is 96.0 Å². The van der Waals surface area contributed by atoms with Gasteiger partial charge in [-0.1, -0.05) is 18.2 Å². The second kappa shape index (κ2) is 8.82. The number of imide groups is 1. The van der Waals surface area contributed by atoms with Crippen LogP contribution in [0.15, 0.2) is 48.5 Å². The van der Waals surface area contributed by atoms with Crippen molar-refractivity contribution in [2.75, 3.05) is 20.2 Å². The van der Waals surface area contributed by atoms with Crippen molar-refractivity contribution in [2.45, 2.75) is 31.8 Å². The molecule has 2 aromatic rings. The highest BCUT2D eigenvalue weighted by atomic mass is 16.5. The lowest BCUT2D eigenvalue weighted by atomic mass is 10.0. The number of amides is 4. The Kier molecular flexibility index (Phi) is 5.94. The number of carbonyl (C=O) groups excluding carboxylic acids is 4. The molecule has 0 spiro atoms. The predicted octanol–water partition coefficient (Wildman–Crippen LogP) is 2.10. The highest BCUT2D eigenvalue weighted by Gasteiger charge is 2.42. The number of hydrogen-bond donors (Lipinski definition) is 1. The number of hydrogen-bond acceptors (Lipinski definition) is 5. The van der Waals surface area contributed by atoms with Crippen molar-refractivity contribution >= 4 is 23.6 Å². The third-order valence-corrected chi connectivity index (χ3v) is 6.04. The van der Waals surface area contributed by atoms with E-state index in [2.05, 4.69) is 5.32 Å². The molecular formula is C24H25N3O5. The highest BCUT2D eigenvalue weighted by molar-refractivity contribution is 6.22. The van der Waals surface area contributed by atoms with E-state index in [1.807, 2.05) is 0 Å². The Hall–Kier alpha value is -3.68. The number of nitrogens with zero attached hydrogens (tertiary/aromatic N) is 2. The maximum Gasteiger partial charge on any atom is 0.262 e. The van der Waals surface area contributed by atoms with Crippen LogP contribution in [0, 0.1) is 0 Å². The summed E-state index contributed by atoms with van der Waals surface area (Å²) >= 11 is 0. The van der Waals surface area contributed by atoms with Crippen LogP contribution >= 0.6 is 0 Å². The average Bonchev–Trinajstić information content (AvgIpc) is 3.08. The third-order valence-electron chi connectivity index (χ3n) is 6.04. The molecule has 2 aromatic carbocycles. The van der Waals surface area contributed by atoms with Crippen molar-refractivity contribution in [1.29, 1.82) is 0 Å². The number of nitrogens with one attached hydrogen (secondary N) is 1. The van der Waals surface area contributed by atoms with Gasteiger partial charge in [0.25, 0.3) is 17.7 Å². The number of piperidine rings is 1. The van der Waals surface area contributed by atoms with Gasteiger partial charge in [-0.15, -0.1) is 0 Å². The molecule has 2 aliphatic heterocycles. The fourth-order valence-corrected chi connectivity index (χ4v) is 4.21. The first-order valence-electron chi connectivity index (χ1n) is 10.6. The van der Waals surface area contributed by atoms with Crippen LogP contribution in [-0.4, -0.2) is 65.7 Å². The largest absolute Gasteiger partial charge is 0.497 e. The molecule has 1 unspecified atom stereocenters. The maximum absolute atomic E-state index is 13.0. The Morgan fingerprint density at radius 2 is 1.62 bits per heavy atom. The number of likely N-dealkylation sites (tertiary alicyclic amines) is 1. The van der Waals surface area contributed by atoms with E-state index in [9.17, 15) is 19.2 Å². The standard InChI is InChI=1S/C24H25N3O5/c1-15(27-23(30)19-8-3-4-9-20(19)24(27)31)22(29)26-12-10-17(11-13-26)25-21(28)16-6-5-7-18(14-16)32-2/h3-9,14-15,17H,10-13H2,1-2H3,(H,25,28). The van der Waals surface area contributed by atoms with Gasteiger partial charge in [0.15, 0.2) is 0 Å². The Morgan fingerprint density at radius 1 is 1.00 bits per heavy atom. The molecule has 0 radical (unpaired) electrons. The van der Waals surface area contributed by atoms with Crippen molar-refractivity contribution in [3.8, 4) is 5.75 Å². The molecule has 1 fully saturated rings. The van der Waals surface area contributed by atoms with Gasteiger partial charge in [0.05, 0.1) is 18.2 Å². The highest BCUT2D eigenvalue weighted by Crippen LogP contribution is 2.25. The summed E-state index contributed by atoms with van der Waals surface area (Å²) in [6.07, 6.45) is 1.19. The molecule has 1 saturated heterocycles. The summed E-state index contributed by atoms with van der Waals surface area (Å²) < 4.78 is 5.16. The van der Waals surface area contributed by atoms with E-state index in [4.69, 9.17) is 4.74 Å². The fourth-order valence-electron chi connectivity index (χ4n) is 4.21. The second-order valence-corrected chi connectivity index (χ2v) is 8.01. The van der Waals surface area contributed by atoms with Crippen LogP contribution in [0.25, 0.3) is 0 Å². The smallest absolute Gasteiger partial charge is 0.262 e. The monoisotopic (exact) mass is 435 g/mol. The van der Waals surface area contributed by atoms with Gasteiger partial charge in [0, 0.05) is 24.7 Å². The Bertz CT molecular complexity index is 1040. The van der Waals surface area contributed by atoms with Crippen LogP contribution < -0.4 is 10.1 Å². The third kappa shape index (κ3) is 3.95. The summed E-state index contributed by atoms with van der Waals surface area (Å²) in [5.41, 5.74) is 1.18. The SMILES string of the molecule is COc1cccc(C(=O)NC2CCN(C(=O)C(C)N3C(=O)c4ccccc4C3=O)CC2)c1. The number of fused-ring (bicyclic) bond motifs is 1. The quantitative estimate of drug-likeness (QED) is 0.726. The zero-order chi connectivity index (χ0) is 22.8. The predicted molar refractivity (Wildman–Crippen MR) is 116 cm³/mol. The van der Waals surface area contributed by atoms with Gasteiger partial charge in [-0.2, -0.15) is 0 Å². The summed E-state index contributed by atoms with van der Waals surface area (Å²) in [5, 5.41) is 3.01. The molecule has 0 aromatic heterocycles. The molecule has 4 amide bonds. The number of rotatable bonds is 5. The van der Waals surface area contributed by atoms with Gasteiger partial charge in [0.2, 0.25) is 5.91 Å². The number of benzene rings is 2. The second-order valence-electron chi connectivity index (χ2n) is 8.01.